The summed E-state index contributed by atoms with van der Waals surface area (Å²) in [5.41, 5.74) is 6.26. The molecule has 1 fully saturated rings. The molecule has 1 aromatic carbocycles. The molecule has 4 nitrogen and oxygen atoms in total. The molecule has 4 heteroatoms. The zero-order valence-electron chi connectivity index (χ0n) is 10.6. The summed E-state index contributed by atoms with van der Waals surface area (Å²) >= 11 is 0. The molecule has 98 valence electrons. The van der Waals surface area contributed by atoms with Crippen molar-refractivity contribution < 1.29 is 9.90 Å². The van der Waals surface area contributed by atoms with Gasteiger partial charge in [-0.25, -0.2) is 0 Å². The largest absolute Gasteiger partial charge is 0.508 e. The van der Waals surface area contributed by atoms with Gasteiger partial charge in [-0.1, -0.05) is 24.6 Å². The smallest absolute Gasteiger partial charge is 0.227 e. The molecule has 2 atom stereocenters. The summed E-state index contributed by atoms with van der Waals surface area (Å²) in [6, 6.07) is 6.94. The number of amides is 1. The van der Waals surface area contributed by atoms with Crippen LogP contribution in [0.4, 0.5) is 0 Å². The summed E-state index contributed by atoms with van der Waals surface area (Å²) in [4.78, 5) is 12.2. The number of para-hydroxylation sites is 1. The standard InChI is InChI=1S/C14H20N2O2/c1-14(8-4-7-12(14)15)13(18)16-9-10-5-2-3-6-11(10)17/h2-3,5-6,12,17H,4,7-9,15H2,1H3,(H,16,18). The molecule has 0 heterocycles. The minimum Gasteiger partial charge on any atom is -0.508 e. The van der Waals surface area contributed by atoms with Crippen molar-refractivity contribution in [2.75, 3.05) is 0 Å². The predicted molar refractivity (Wildman–Crippen MR) is 69.9 cm³/mol. The molecule has 4 N–H and O–H groups in total. The van der Waals surface area contributed by atoms with Crippen molar-refractivity contribution in [1.29, 1.82) is 0 Å². The molecule has 1 aliphatic carbocycles. The van der Waals surface area contributed by atoms with E-state index in [0.29, 0.717) is 6.54 Å². The minimum atomic E-state index is -0.468. The number of nitrogens with two attached hydrogens (primary N) is 1. The lowest BCUT2D eigenvalue weighted by atomic mass is 9.84. The first-order chi connectivity index (χ1) is 8.54. The van der Waals surface area contributed by atoms with Crippen LogP contribution in [0.2, 0.25) is 0 Å². The van der Waals surface area contributed by atoms with Gasteiger partial charge in [0.05, 0.1) is 5.41 Å². The maximum Gasteiger partial charge on any atom is 0.227 e. The van der Waals surface area contributed by atoms with Crippen LogP contribution in [0.15, 0.2) is 24.3 Å². The number of phenols is 1. The van der Waals surface area contributed by atoms with Gasteiger partial charge in [0.1, 0.15) is 5.75 Å². The zero-order chi connectivity index (χ0) is 13.2. The van der Waals surface area contributed by atoms with Gasteiger partial charge in [0, 0.05) is 18.2 Å². The molecule has 0 spiro atoms. The fourth-order valence-corrected chi connectivity index (χ4v) is 2.51. The number of rotatable bonds is 3. The van der Waals surface area contributed by atoms with Gasteiger partial charge in [0.25, 0.3) is 0 Å². The van der Waals surface area contributed by atoms with E-state index in [1.807, 2.05) is 13.0 Å². The normalized spacial score (nSPS) is 27.1. The zero-order valence-corrected chi connectivity index (χ0v) is 10.6. The Morgan fingerprint density at radius 1 is 1.56 bits per heavy atom. The van der Waals surface area contributed by atoms with E-state index in [0.717, 1.165) is 24.8 Å². The third-order valence-corrected chi connectivity index (χ3v) is 3.98. The number of hydrogen-bond acceptors (Lipinski definition) is 3. The van der Waals surface area contributed by atoms with Crippen LogP contribution in [0.25, 0.3) is 0 Å². The second kappa shape index (κ2) is 4.98. The number of aromatic hydroxyl groups is 1. The Balaban J connectivity index is 1.99. The van der Waals surface area contributed by atoms with Crippen LogP contribution in [0.5, 0.6) is 5.75 Å². The van der Waals surface area contributed by atoms with Crippen LogP contribution in [0, 0.1) is 5.41 Å². The van der Waals surface area contributed by atoms with Crippen LogP contribution < -0.4 is 11.1 Å². The number of phenolic OH excluding ortho intramolecular Hbond substituents is 1. The summed E-state index contributed by atoms with van der Waals surface area (Å²) in [5, 5.41) is 12.5. The predicted octanol–water partition coefficient (Wildman–Crippen LogP) is 1.53. The van der Waals surface area contributed by atoms with Crippen LogP contribution in [0.1, 0.15) is 31.7 Å². The van der Waals surface area contributed by atoms with Crippen molar-refractivity contribution in [2.24, 2.45) is 11.1 Å². The first-order valence-corrected chi connectivity index (χ1v) is 6.35. The van der Waals surface area contributed by atoms with Gasteiger partial charge in [-0.05, 0) is 25.8 Å². The molecule has 1 saturated carbocycles. The lowest BCUT2D eigenvalue weighted by Crippen LogP contribution is -2.47. The average molecular weight is 248 g/mol. The molecule has 2 rings (SSSR count). The maximum absolute atomic E-state index is 12.2. The lowest BCUT2D eigenvalue weighted by molar-refractivity contribution is -0.130. The highest BCUT2D eigenvalue weighted by Gasteiger charge is 2.42. The quantitative estimate of drug-likeness (QED) is 0.759. The molecule has 1 aliphatic rings. The van der Waals surface area contributed by atoms with Gasteiger partial charge in [0.2, 0.25) is 5.91 Å². The Labute approximate surface area is 107 Å². The van der Waals surface area contributed by atoms with E-state index in [1.54, 1.807) is 18.2 Å². The summed E-state index contributed by atoms with van der Waals surface area (Å²) in [6.45, 7) is 2.26. The molecular formula is C14H20N2O2. The third kappa shape index (κ3) is 2.34. The molecule has 1 aromatic rings. The monoisotopic (exact) mass is 248 g/mol. The molecular weight excluding hydrogens is 228 g/mol. The molecule has 0 aliphatic heterocycles. The Kier molecular flexibility index (Phi) is 3.57. The Hall–Kier alpha value is -1.55. The molecule has 1 amide bonds. The van der Waals surface area contributed by atoms with Crippen LogP contribution in [-0.4, -0.2) is 17.1 Å². The number of nitrogens with one attached hydrogen (secondary N) is 1. The average Bonchev–Trinajstić information content (AvgIpc) is 2.69. The van der Waals surface area contributed by atoms with E-state index in [1.165, 1.54) is 0 Å². The molecule has 0 aromatic heterocycles. The van der Waals surface area contributed by atoms with Crippen LogP contribution >= 0.6 is 0 Å². The van der Waals surface area contributed by atoms with Gasteiger partial charge >= 0.3 is 0 Å². The van der Waals surface area contributed by atoms with E-state index < -0.39 is 5.41 Å². The molecule has 0 saturated heterocycles. The lowest BCUT2D eigenvalue weighted by Gasteiger charge is -2.27. The minimum absolute atomic E-state index is 0.0178. The maximum atomic E-state index is 12.2. The van der Waals surface area contributed by atoms with Crippen molar-refractivity contribution in [3.8, 4) is 5.75 Å². The van der Waals surface area contributed by atoms with E-state index in [-0.39, 0.29) is 17.7 Å². The van der Waals surface area contributed by atoms with E-state index in [9.17, 15) is 9.90 Å². The van der Waals surface area contributed by atoms with Crippen molar-refractivity contribution >= 4 is 5.91 Å². The second-order valence-corrected chi connectivity index (χ2v) is 5.23. The van der Waals surface area contributed by atoms with E-state index >= 15 is 0 Å². The van der Waals surface area contributed by atoms with Crippen LogP contribution in [-0.2, 0) is 11.3 Å². The summed E-state index contributed by atoms with van der Waals surface area (Å²) in [6.07, 6.45) is 2.74. The molecule has 0 radical (unpaired) electrons. The fraction of sp³-hybridized carbons (Fsp3) is 0.500. The third-order valence-electron chi connectivity index (χ3n) is 3.98. The van der Waals surface area contributed by atoms with Gasteiger partial charge < -0.3 is 16.2 Å². The van der Waals surface area contributed by atoms with Crippen molar-refractivity contribution in [2.45, 2.75) is 38.8 Å². The molecule has 0 bridgehead atoms. The topological polar surface area (TPSA) is 75.3 Å². The van der Waals surface area contributed by atoms with Gasteiger partial charge in [0.15, 0.2) is 0 Å². The Morgan fingerprint density at radius 2 is 2.28 bits per heavy atom. The van der Waals surface area contributed by atoms with E-state index in [2.05, 4.69) is 5.32 Å². The molecule has 2 unspecified atom stereocenters. The number of carbonyl (C=O) groups excluding carboxylic acids is 1. The first kappa shape index (κ1) is 12.9. The number of benzene rings is 1. The first-order valence-electron chi connectivity index (χ1n) is 6.35. The number of hydrogen-bond donors (Lipinski definition) is 3. The summed E-state index contributed by atoms with van der Waals surface area (Å²) in [5.74, 6) is 0.189. The highest BCUT2D eigenvalue weighted by atomic mass is 16.3. The van der Waals surface area contributed by atoms with Crippen molar-refractivity contribution in [3.05, 3.63) is 29.8 Å². The Bertz CT molecular complexity index is 447. The van der Waals surface area contributed by atoms with Crippen molar-refractivity contribution in [1.82, 2.24) is 5.32 Å². The summed E-state index contributed by atoms with van der Waals surface area (Å²) < 4.78 is 0. The van der Waals surface area contributed by atoms with Crippen molar-refractivity contribution in [3.63, 3.8) is 0 Å². The summed E-state index contributed by atoms with van der Waals surface area (Å²) in [7, 11) is 0. The van der Waals surface area contributed by atoms with Gasteiger partial charge in [-0.2, -0.15) is 0 Å². The second-order valence-electron chi connectivity index (χ2n) is 5.23. The Morgan fingerprint density at radius 3 is 2.89 bits per heavy atom. The number of carbonyl (C=O) groups is 1. The highest BCUT2D eigenvalue weighted by molar-refractivity contribution is 5.83. The van der Waals surface area contributed by atoms with E-state index in [4.69, 9.17) is 5.73 Å². The van der Waals surface area contributed by atoms with Crippen LogP contribution in [0.3, 0.4) is 0 Å². The molecule has 18 heavy (non-hydrogen) atoms. The highest BCUT2D eigenvalue weighted by Crippen LogP contribution is 2.36. The van der Waals surface area contributed by atoms with Gasteiger partial charge in [-0.3, -0.25) is 4.79 Å². The fourth-order valence-electron chi connectivity index (χ4n) is 2.51. The SMILES string of the molecule is CC1(C(=O)NCc2ccccc2O)CCCC1N. The van der Waals surface area contributed by atoms with Gasteiger partial charge in [-0.15, -0.1) is 0 Å².